The van der Waals surface area contributed by atoms with Gasteiger partial charge in [0.25, 0.3) is 25.2 Å². The van der Waals surface area contributed by atoms with Gasteiger partial charge in [-0.25, -0.2) is 0 Å². The van der Waals surface area contributed by atoms with Crippen LogP contribution < -0.4 is 9.47 Å². The first-order valence-electron chi connectivity index (χ1n) is 10.4. The topological polar surface area (TPSA) is 116 Å². The van der Waals surface area contributed by atoms with Gasteiger partial charge in [-0.2, -0.15) is 21.4 Å². The summed E-state index contributed by atoms with van der Waals surface area (Å²) in [6.45, 7) is 0.729. The molecule has 2 heterocycles. The fourth-order valence-corrected chi connectivity index (χ4v) is 7.53. The number of nitrogens with zero attached hydrogens (tertiary/aromatic N) is 2. The van der Waals surface area contributed by atoms with Gasteiger partial charge in [0.15, 0.2) is 6.54 Å². The van der Waals surface area contributed by atoms with E-state index >= 15 is 0 Å². The molecule has 0 unspecified atom stereocenters. The Kier molecular flexibility index (Phi) is 8.18. The van der Waals surface area contributed by atoms with Crippen LogP contribution in [0.25, 0.3) is 16.3 Å². The Balaban J connectivity index is 1.73. The van der Waals surface area contributed by atoms with Crippen molar-refractivity contribution in [3.63, 3.8) is 0 Å². The Bertz CT molecular complexity index is 1520. The smallest absolute Gasteiger partial charge is 0.265 e. The highest BCUT2D eigenvalue weighted by atomic mass is 79.9. The molecule has 0 fully saturated rings. The summed E-state index contributed by atoms with van der Waals surface area (Å²) in [5, 5.41) is 2.28. The van der Waals surface area contributed by atoms with Gasteiger partial charge >= 0.3 is 0 Å². The minimum Gasteiger partial charge on any atom is -0.335 e. The lowest BCUT2D eigenvalue weighted by Gasteiger charge is -2.20. The highest BCUT2D eigenvalue weighted by molar-refractivity contribution is 9.10. The first-order valence-corrected chi connectivity index (χ1v) is 16.4. The summed E-state index contributed by atoms with van der Waals surface area (Å²) in [5.74, 6) is -0.703. The van der Waals surface area contributed by atoms with E-state index in [4.69, 9.17) is 20.7 Å². The monoisotopic (exact) mass is 639 g/mol. The molecule has 188 valence electrons. The molecule has 3 aromatic rings. The van der Waals surface area contributed by atoms with Crippen molar-refractivity contribution in [1.82, 2.24) is 0 Å². The highest BCUT2D eigenvalue weighted by Gasteiger charge is 2.28. The zero-order chi connectivity index (χ0) is 25.4. The number of thiazole rings is 1. The Hall–Kier alpha value is -1.19. The van der Waals surface area contributed by atoms with Crippen LogP contribution >= 0.6 is 50.6 Å². The third-order valence-corrected chi connectivity index (χ3v) is 9.76. The van der Waals surface area contributed by atoms with Crippen LogP contribution in [0.15, 0.2) is 50.8 Å². The summed E-state index contributed by atoms with van der Waals surface area (Å²) in [6, 6.07) is 11.4. The summed E-state index contributed by atoms with van der Waals surface area (Å²) in [4.78, 5) is 2.94. The summed E-state index contributed by atoms with van der Waals surface area (Å²) in [7, 11) is -8.16. The van der Waals surface area contributed by atoms with E-state index in [1.807, 2.05) is 45.9 Å². The fourth-order valence-electron chi connectivity index (χ4n) is 3.74. The number of aryl methyl sites for hydroxylation is 1. The summed E-state index contributed by atoms with van der Waals surface area (Å²) >= 11 is 12.8. The van der Waals surface area contributed by atoms with Crippen LogP contribution in [0, 0.1) is 0 Å². The lowest BCUT2D eigenvalue weighted by atomic mass is 10.2. The van der Waals surface area contributed by atoms with E-state index in [0.29, 0.717) is 18.1 Å². The van der Waals surface area contributed by atoms with Gasteiger partial charge in [0.05, 0.1) is 28.3 Å². The molecule has 0 aliphatic carbocycles. The second-order valence-electron chi connectivity index (χ2n) is 7.83. The Labute approximate surface area is 225 Å². The predicted octanol–water partition coefficient (Wildman–Crippen LogP) is 5.07. The first-order chi connectivity index (χ1) is 16.4. The third-order valence-electron chi connectivity index (χ3n) is 5.20. The molecule has 1 aliphatic rings. The van der Waals surface area contributed by atoms with Crippen molar-refractivity contribution >= 4 is 92.8 Å². The van der Waals surface area contributed by atoms with Crippen LogP contribution in [0.5, 0.6) is 0 Å². The molecule has 0 spiro atoms. The van der Waals surface area contributed by atoms with Gasteiger partial charge in [0, 0.05) is 33.4 Å². The Morgan fingerprint density at radius 2 is 1.74 bits per heavy atom. The molecule has 0 radical (unpaired) electrons. The van der Waals surface area contributed by atoms with Crippen LogP contribution in [0.3, 0.4) is 0 Å². The van der Waals surface area contributed by atoms with Crippen LogP contribution in [-0.2, 0) is 26.8 Å². The molecule has 0 atom stereocenters. The number of halogens is 2. The van der Waals surface area contributed by atoms with E-state index in [1.165, 1.54) is 11.8 Å². The molecule has 1 aliphatic heterocycles. The number of anilines is 1. The molecule has 4 rings (SSSR count). The number of thioether (sulfide) groups is 1. The summed E-state index contributed by atoms with van der Waals surface area (Å²) in [5.41, 5.74) is 1.78. The molecule has 2 N–H and O–H groups in total. The van der Waals surface area contributed by atoms with Gasteiger partial charge in [0.2, 0.25) is 5.52 Å². The average Bonchev–Trinajstić information content (AvgIpc) is 3.24. The number of benzene rings is 2. The molecule has 0 amide bonds. The molecular weight excluding hydrogens is 620 g/mol. The fraction of sp³-hybridized carbons (Fsp3) is 0.286. The number of rotatable bonds is 9. The van der Waals surface area contributed by atoms with Gasteiger partial charge in [-0.3, -0.25) is 9.11 Å². The minimum absolute atomic E-state index is 0.219. The van der Waals surface area contributed by atoms with Crippen LogP contribution in [0.4, 0.5) is 5.69 Å². The van der Waals surface area contributed by atoms with Crippen molar-refractivity contribution in [2.45, 2.75) is 24.3 Å². The van der Waals surface area contributed by atoms with Gasteiger partial charge < -0.3 is 4.90 Å². The lowest BCUT2D eigenvalue weighted by Crippen LogP contribution is -2.36. The summed E-state index contributed by atoms with van der Waals surface area (Å²) in [6.07, 6.45) is 2.44. The lowest BCUT2D eigenvalue weighted by molar-refractivity contribution is -0.668. The second-order valence-corrected chi connectivity index (χ2v) is 14.5. The largest absolute Gasteiger partial charge is 0.335 e. The molecule has 0 bridgehead atoms. The zero-order valence-electron chi connectivity index (χ0n) is 18.1. The predicted molar refractivity (Wildman–Crippen MR) is 144 cm³/mol. The van der Waals surface area contributed by atoms with Crippen LogP contribution in [0.2, 0.25) is 5.02 Å². The van der Waals surface area contributed by atoms with E-state index in [-0.39, 0.29) is 24.3 Å². The van der Waals surface area contributed by atoms with Crippen LogP contribution in [-0.4, -0.2) is 44.0 Å². The molecule has 35 heavy (non-hydrogen) atoms. The first kappa shape index (κ1) is 26.9. The van der Waals surface area contributed by atoms with E-state index in [0.717, 1.165) is 35.3 Å². The molecule has 0 saturated carbocycles. The van der Waals surface area contributed by atoms with Gasteiger partial charge in [0.1, 0.15) is 4.70 Å². The minimum atomic E-state index is -4.08. The van der Waals surface area contributed by atoms with E-state index in [1.54, 1.807) is 17.4 Å². The number of hydrogen-bond acceptors (Lipinski definition) is 7. The zero-order valence-corrected chi connectivity index (χ0v) is 23.7. The molecule has 14 heteroatoms. The molecule has 0 saturated heterocycles. The second kappa shape index (κ2) is 10.7. The average molecular weight is 641 g/mol. The molecule has 2 aromatic carbocycles. The van der Waals surface area contributed by atoms with Gasteiger partial charge in [-0.15, -0.1) is 0 Å². The van der Waals surface area contributed by atoms with Crippen molar-refractivity contribution in [3.05, 3.63) is 55.9 Å². The number of aromatic nitrogens is 1. The van der Waals surface area contributed by atoms with E-state index in [2.05, 4.69) is 15.9 Å². The van der Waals surface area contributed by atoms with Crippen LogP contribution in [0.1, 0.15) is 17.8 Å². The molecular formula is C21H21BrClN2O6S4+. The number of fused-ring (bicyclic) bond motifs is 2. The van der Waals surface area contributed by atoms with E-state index < -0.39 is 20.2 Å². The van der Waals surface area contributed by atoms with Crippen molar-refractivity contribution < 1.29 is 30.5 Å². The standard InChI is InChI=1S/C21H20BrClN2O6S4/c22-14-3-5-18-16(11-14)24(7-1-9-34(26,27)28)20(32-18)13-21-25(8-2-10-35(29,30)31)17-12-15(23)4-6-19(17)33-21/h3-6,11-13H,1-2,7-10H2,(H-,26,27,28,29,30,31)/p+1. The van der Waals surface area contributed by atoms with Crippen molar-refractivity contribution in [2.24, 2.45) is 0 Å². The maximum absolute atomic E-state index is 11.3. The van der Waals surface area contributed by atoms with Gasteiger partial charge in [-0.05, 0) is 36.8 Å². The van der Waals surface area contributed by atoms with Gasteiger partial charge in [-0.1, -0.05) is 50.6 Å². The Morgan fingerprint density at radius 1 is 1.03 bits per heavy atom. The Morgan fingerprint density at radius 3 is 2.46 bits per heavy atom. The van der Waals surface area contributed by atoms with Crippen molar-refractivity contribution in [3.8, 4) is 0 Å². The normalized spacial score (nSPS) is 15.3. The maximum atomic E-state index is 11.3. The van der Waals surface area contributed by atoms with E-state index in [9.17, 15) is 16.8 Å². The third kappa shape index (κ3) is 6.98. The maximum Gasteiger partial charge on any atom is 0.265 e. The quantitative estimate of drug-likeness (QED) is 0.246. The number of hydrogen-bond donors (Lipinski definition) is 2. The molecule has 8 nitrogen and oxygen atoms in total. The summed E-state index contributed by atoms with van der Waals surface area (Å²) < 4.78 is 67.2. The molecule has 1 aromatic heterocycles. The SMILES string of the molecule is O=S(=O)(O)CCCN1/C(=C/c2sc3ccc(Br)cc3[n+]2CCCS(=O)(=O)O)Sc2ccc(Cl)cc21. The highest BCUT2D eigenvalue weighted by Crippen LogP contribution is 2.48. The van der Waals surface area contributed by atoms with Crippen molar-refractivity contribution in [2.75, 3.05) is 23.0 Å². The van der Waals surface area contributed by atoms with Crippen molar-refractivity contribution in [1.29, 1.82) is 0 Å².